The Morgan fingerprint density at radius 1 is 1.05 bits per heavy atom. The van der Waals surface area contributed by atoms with Gasteiger partial charge in [-0.25, -0.2) is 0 Å². The number of hydrogen-bond donors (Lipinski definition) is 1. The van der Waals surface area contributed by atoms with Gasteiger partial charge in [-0.2, -0.15) is 0 Å². The number of aromatic hydroxyl groups is 1. The zero-order valence-corrected chi connectivity index (χ0v) is 10.6. The number of carbonyl (C=O) groups excluding carboxylic acids is 2. The summed E-state index contributed by atoms with van der Waals surface area (Å²) in [5.74, 6) is 0.0350. The summed E-state index contributed by atoms with van der Waals surface area (Å²) in [6.07, 6.45) is 2.06. The molecule has 0 fully saturated rings. The van der Waals surface area contributed by atoms with E-state index in [0.29, 0.717) is 18.3 Å². The first-order valence-corrected chi connectivity index (χ1v) is 6.06. The van der Waals surface area contributed by atoms with Crippen LogP contribution in [0.4, 0.5) is 0 Å². The molecule has 0 aromatic heterocycles. The lowest BCUT2D eigenvalue weighted by atomic mass is 9.97. The van der Waals surface area contributed by atoms with E-state index in [1.165, 1.54) is 0 Å². The number of phenolic OH excluding ortho intramolecular Hbond substituents is 1. The SMILES string of the molecule is CCc1cc(-c2cccc(C=O)c2)cc(C=O)c1O. The van der Waals surface area contributed by atoms with Crippen molar-refractivity contribution in [3.63, 3.8) is 0 Å². The fourth-order valence-corrected chi connectivity index (χ4v) is 2.04. The maximum absolute atomic E-state index is 11.0. The molecule has 0 amide bonds. The Bertz CT molecular complexity index is 630. The van der Waals surface area contributed by atoms with Crippen LogP contribution in [0.3, 0.4) is 0 Å². The minimum absolute atomic E-state index is 0.0350. The van der Waals surface area contributed by atoms with Crippen molar-refractivity contribution in [3.05, 3.63) is 53.1 Å². The molecule has 1 N–H and O–H groups in total. The van der Waals surface area contributed by atoms with Crippen LogP contribution in [0.25, 0.3) is 11.1 Å². The molecule has 3 nitrogen and oxygen atoms in total. The molecule has 3 heteroatoms. The van der Waals surface area contributed by atoms with Crippen LogP contribution < -0.4 is 0 Å². The molecule has 0 atom stereocenters. The van der Waals surface area contributed by atoms with Gasteiger partial charge in [-0.1, -0.05) is 25.1 Å². The van der Waals surface area contributed by atoms with Crippen molar-refractivity contribution in [2.24, 2.45) is 0 Å². The van der Waals surface area contributed by atoms with Crippen molar-refractivity contribution in [2.75, 3.05) is 0 Å². The van der Waals surface area contributed by atoms with Crippen LogP contribution in [0.1, 0.15) is 33.2 Å². The number of carbonyl (C=O) groups is 2. The molecule has 0 unspecified atom stereocenters. The van der Waals surface area contributed by atoms with E-state index in [1.54, 1.807) is 24.3 Å². The number of aldehydes is 2. The topological polar surface area (TPSA) is 54.4 Å². The number of hydrogen-bond acceptors (Lipinski definition) is 3. The third-order valence-corrected chi connectivity index (χ3v) is 3.08. The fraction of sp³-hybridized carbons (Fsp3) is 0.125. The van der Waals surface area contributed by atoms with E-state index in [1.807, 2.05) is 19.1 Å². The van der Waals surface area contributed by atoms with Gasteiger partial charge in [-0.15, -0.1) is 0 Å². The highest BCUT2D eigenvalue weighted by atomic mass is 16.3. The Morgan fingerprint density at radius 3 is 2.47 bits per heavy atom. The highest BCUT2D eigenvalue weighted by molar-refractivity contribution is 5.85. The van der Waals surface area contributed by atoms with E-state index < -0.39 is 0 Å². The summed E-state index contributed by atoms with van der Waals surface area (Å²) < 4.78 is 0. The second kappa shape index (κ2) is 5.48. The van der Waals surface area contributed by atoms with E-state index in [2.05, 4.69) is 0 Å². The quantitative estimate of drug-likeness (QED) is 0.852. The third kappa shape index (κ3) is 2.55. The van der Waals surface area contributed by atoms with Crippen molar-refractivity contribution in [3.8, 4) is 16.9 Å². The minimum atomic E-state index is 0.0350. The van der Waals surface area contributed by atoms with Crippen molar-refractivity contribution in [1.82, 2.24) is 0 Å². The maximum Gasteiger partial charge on any atom is 0.153 e. The van der Waals surface area contributed by atoms with Crippen molar-refractivity contribution in [1.29, 1.82) is 0 Å². The predicted molar refractivity (Wildman–Crippen MR) is 73.7 cm³/mol. The van der Waals surface area contributed by atoms with Gasteiger partial charge < -0.3 is 5.11 Å². The van der Waals surface area contributed by atoms with E-state index in [-0.39, 0.29) is 11.3 Å². The molecule has 2 aromatic carbocycles. The molecular formula is C16H14O3. The minimum Gasteiger partial charge on any atom is -0.507 e. The highest BCUT2D eigenvalue weighted by Gasteiger charge is 2.09. The van der Waals surface area contributed by atoms with E-state index in [0.717, 1.165) is 23.0 Å². The summed E-state index contributed by atoms with van der Waals surface area (Å²) in [4.78, 5) is 21.8. The summed E-state index contributed by atoms with van der Waals surface area (Å²) >= 11 is 0. The molecule has 0 heterocycles. The molecule has 0 saturated carbocycles. The molecule has 96 valence electrons. The second-order valence-electron chi connectivity index (χ2n) is 4.29. The zero-order chi connectivity index (χ0) is 13.8. The summed E-state index contributed by atoms with van der Waals surface area (Å²) in [5.41, 5.74) is 3.24. The molecular weight excluding hydrogens is 240 g/mol. The smallest absolute Gasteiger partial charge is 0.153 e. The molecule has 0 aliphatic heterocycles. The first-order valence-electron chi connectivity index (χ1n) is 6.06. The van der Waals surface area contributed by atoms with Crippen LogP contribution in [-0.2, 0) is 6.42 Å². The molecule has 0 spiro atoms. The van der Waals surface area contributed by atoms with Crippen LogP contribution in [0, 0.1) is 0 Å². The number of benzene rings is 2. The van der Waals surface area contributed by atoms with E-state index >= 15 is 0 Å². The molecule has 19 heavy (non-hydrogen) atoms. The Kier molecular flexibility index (Phi) is 3.76. The predicted octanol–water partition coefficient (Wildman–Crippen LogP) is 3.25. The highest BCUT2D eigenvalue weighted by Crippen LogP contribution is 2.29. The first-order chi connectivity index (χ1) is 9.19. The van der Waals surface area contributed by atoms with Gasteiger partial charge in [0.15, 0.2) is 6.29 Å². The van der Waals surface area contributed by atoms with Gasteiger partial charge in [-0.05, 0) is 41.3 Å². The van der Waals surface area contributed by atoms with Gasteiger partial charge in [0.25, 0.3) is 0 Å². The fourth-order valence-electron chi connectivity index (χ4n) is 2.04. The molecule has 2 rings (SSSR count). The lowest BCUT2D eigenvalue weighted by Crippen LogP contribution is -1.91. The maximum atomic E-state index is 11.0. The van der Waals surface area contributed by atoms with Crippen LogP contribution in [0.5, 0.6) is 5.75 Å². The molecule has 0 bridgehead atoms. The molecule has 0 aliphatic rings. The van der Waals surface area contributed by atoms with Gasteiger partial charge in [-0.3, -0.25) is 9.59 Å². The van der Waals surface area contributed by atoms with Crippen molar-refractivity contribution >= 4 is 12.6 Å². The normalized spacial score (nSPS) is 10.2. The summed E-state index contributed by atoms with van der Waals surface area (Å²) in [5, 5.41) is 9.87. The lowest BCUT2D eigenvalue weighted by Gasteiger charge is -2.09. The molecule has 0 radical (unpaired) electrons. The van der Waals surface area contributed by atoms with E-state index in [4.69, 9.17) is 0 Å². The van der Waals surface area contributed by atoms with Crippen LogP contribution >= 0.6 is 0 Å². The molecule has 0 aliphatic carbocycles. The van der Waals surface area contributed by atoms with Gasteiger partial charge in [0.1, 0.15) is 12.0 Å². The van der Waals surface area contributed by atoms with E-state index in [9.17, 15) is 14.7 Å². The van der Waals surface area contributed by atoms with Crippen LogP contribution in [0.2, 0.25) is 0 Å². The largest absolute Gasteiger partial charge is 0.507 e. The summed E-state index contributed by atoms with van der Waals surface area (Å²) in [6.45, 7) is 1.91. The Hall–Kier alpha value is -2.42. The standard InChI is InChI=1S/C16H14O3/c1-2-12-7-14(8-15(10-18)16(12)19)13-5-3-4-11(6-13)9-17/h3-10,19H,2H2,1H3. The summed E-state index contributed by atoms with van der Waals surface area (Å²) in [6, 6.07) is 10.6. The van der Waals surface area contributed by atoms with Gasteiger partial charge in [0.05, 0.1) is 5.56 Å². The number of phenols is 1. The zero-order valence-electron chi connectivity index (χ0n) is 10.6. The van der Waals surface area contributed by atoms with Crippen LogP contribution in [-0.4, -0.2) is 17.7 Å². The lowest BCUT2D eigenvalue weighted by molar-refractivity contribution is 0.111. The number of rotatable bonds is 4. The first kappa shape index (κ1) is 13.0. The second-order valence-corrected chi connectivity index (χ2v) is 4.29. The Labute approximate surface area is 111 Å². The van der Waals surface area contributed by atoms with Gasteiger partial charge >= 0.3 is 0 Å². The average molecular weight is 254 g/mol. The Balaban J connectivity index is 2.61. The van der Waals surface area contributed by atoms with Gasteiger partial charge in [0, 0.05) is 5.56 Å². The third-order valence-electron chi connectivity index (χ3n) is 3.08. The number of aryl methyl sites for hydroxylation is 1. The monoisotopic (exact) mass is 254 g/mol. The van der Waals surface area contributed by atoms with Crippen molar-refractivity contribution < 1.29 is 14.7 Å². The Morgan fingerprint density at radius 2 is 1.84 bits per heavy atom. The molecule has 0 saturated heterocycles. The average Bonchev–Trinajstić information content (AvgIpc) is 2.47. The van der Waals surface area contributed by atoms with Gasteiger partial charge in [0.2, 0.25) is 0 Å². The van der Waals surface area contributed by atoms with Crippen LogP contribution in [0.15, 0.2) is 36.4 Å². The van der Waals surface area contributed by atoms with Crippen molar-refractivity contribution in [2.45, 2.75) is 13.3 Å². The summed E-state index contributed by atoms with van der Waals surface area (Å²) in [7, 11) is 0. The molecule has 2 aromatic rings.